The number of hydrogen-bond acceptors (Lipinski definition) is 9. The van der Waals surface area contributed by atoms with Gasteiger partial charge in [0.15, 0.2) is 11.5 Å². The lowest BCUT2D eigenvalue weighted by atomic mass is 10.0. The first kappa shape index (κ1) is 36.2. The van der Waals surface area contributed by atoms with E-state index in [2.05, 4.69) is 21.3 Å². The third-order valence-corrected chi connectivity index (χ3v) is 9.62. The van der Waals surface area contributed by atoms with Crippen LogP contribution in [0.5, 0.6) is 11.5 Å². The first-order valence-corrected chi connectivity index (χ1v) is 17.5. The average Bonchev–Trinajstić information content (AvgIpc) is 3.72. The van der Waals surface area contributed by atoms with Crippen molar-refractivity contribution in [2.75, 3.05) is 26.3 Å². The van der Waals surface area contributed by atoms with Gasteiger partial charge in [0.2, 0.25) is 23.6 Å². The second kappa shape index (κ2) is 15.7. The van der Waals surface area contributed by atoms with Crippen molar-refractivity contribution in [1.29, 1.82) is 0 Å². The van der Waals surface area contributed by atoms with Gasteiger partial charge in [-0.2, -0.15) is 0 Å². The fourth-order valence-corrected chi connectivity index (χ4v) is 7.12. The van der Waals surface area contributed by atoms with E-state index in [9.17, 15) is 33.9 Å². The zero-order valence-corrected chi connectivity index (χ0v) is 29.1. The first-order chi connectivity index (χ1) is 25.0. The van der Waals surface area contributed by atoms with Crippen molar-refractivity contribution < 1.29 is 47.8 Å². The average molecular weight is 718 g/mol. The van der Waals surface area contributed by atoms with Crippen molar-refractivity contribution in [3.8, 4) is 11.5 Å². The van der Waals surface area contributed by atoms with Crippen molar-refractivity contribution in [3.05, 3.63) is 58.8 Å². The third kappa shape index (κ3) is 8.30. The maximum absolute atomic E-state index is 14.4. The number of fused-ring (bicyclic) bond motifs is 3. The highest BCUT2D eigenvalue weighted by Gasteiger charge is 2.43. The second-order valence-corrected chi connectivity index (χ2v) is 13.6. The van der Waals surface area contributed by atoms with Gasteiger partial charge in [-0.15, -0.1) is 0 Å². The van der Waals surface area contributed by atoms with Crippen LogP contribution < -0.4 is 30.7 Å². The normalized spacial score (nSPS) is 22.7. The lowest BCUT2D eigenvalue weighted by Gasteiger charge is -2.29. The second-order valence-electron chi connectivity index (χ2n) is 13.6. The molecule has 4 heterocycles. The van der Waals surface area contributed by atoms with Crippen LogP contribution in [0.2, 0.25) is 0 Å². The van der Waals surface area contributed by atoms with E-state index in [0.29, 0.717) is 48.7 Å². The molecule has 0 aliphatic carbocycles. The van der Waals surface area contributed by atoms with Gasteiger partial charge in [-0.1, -0.05) is 6.07 Å². The summed E-state index contributed by atoms with van der Waals surface area (Å²) in [5.41, 5.74) is 3.60. The van der Waals surface area contributed by atoms with E-state index in [1.165, 1.54) is 11.0 Å². The lowest BCUT2D eigenvalue weighted by molar-refractivity contribution is -0.144. The number of carbonyl (C=O) groups excluding carboxylic acids is 5. The minimum atomic E-state index is -1.39. The highest BCUT2D eigenvalue weighted by molar-refractivity contribution is 5.99. The van der Waals surface area contributed by atoms with Crippen LogP contribution in [0, 0.1) is 13.8 Å². The Hall–Kier alpha value is -5.60. The van der Waals surface area contributed by atoms with Crippen LogP contribution in [0.4, 0.5) is 0 Å². The van der Waals surface area contributed by atoms with Crippen LogP contribution in [-0.2, 0) is 30.4 Å². The molecule has 5 N–H and O–H groups in total. The summed E-state index contributed by atoms with van der Waals surface area (Å²) in [4.78, 5) is 80.9. The zero-order chi connectivity index (χ0) is 36.9. The highest BCUT2D eigenvalue weighted by Crippen LogP contribution is 2.31. The number of nitrogens with zero attached hydrogens (tertiary/aromatic N) is 1. The molecule has 0 saturated carbocycles. The Morgan fingerprint density at radius 3 is 2.56 bits per heavy atom. The summed E-state index contributed by atoms with van der Waals surface area (Å²) < 4.78 is 16.9. The van der Waals surface area contributed by atoms with Crippen molar-refractivity contribution in [2.45, 2.75) is 83.0 Å². The molecule has 2 aromatic carbocycles. The molecule has 2 saturated heterocycles. The molecule has 3 aliphatic rings. The quantitative estimate of drug-likeness (QED) is 0.250. The Labute approximate surface area is 299 Å². The molecular formula is C37H43N5O10. The van der Waals surface area contributed by atoms with E-state index in [1.54, 1.807) is 18.4 Å². The number of benzene rings is 2. The maximum Gasteiger partial charge on any atom is 0.326 e. The van der Waals surface area contributed by atoms with Gasteiger partial charge < -0.3 is 45.2 Å². The molecule has 276 valence electrons. The van der Waals surface area contributed by atoms with Crippen molar-refractivity contribution in [1.82, 2.24) is 26.2 Å². The van der Waals surface area contributed by atoms with Crippen LogP contribution >= 0.6 is 0 Å². The highest BCUT2D eigenvalue weighted by atomic mass is 16.6. The van der Waals surface area contributed by atoms with Crippen LogP contribution in [0.25, 0.3) is 11.0 Å². The Kier molecular flexibility index (Phi) is 11.0. The van der Waals surface area contributed by atoms with E-state index in [0.717, 1.165) is 16.5 Å². The summed E-state index contributed by atoms with van der Waals surface area (Å²) in [6.45, 7) is 4.84. The summed E-state index contributed by atoms with van der Waals surface area (Å²) >= 11 is 0. The molecule has 6 rings (SSSR count). The van der Waals surface area contributed by atoms with Crippen LogP contribution in [0.15, 0.2) is 41.0 Å². The Morgan fingerprint density at radius 1 is 0.981 bits per heavy atom. The first-order valence-electron chi connectivity index (χ1n) is 17.5. The number of amides is 5. The molecule has 4 atom stereocenters. The summed E-state index contributed by atoms with van der Waals surface area (Å²) in [7, 11) is 0. The lowest BCUT2D eigenvalue weighted by Crippen LogP contribution is -2.55. The van der Waals surface area contributed by atoms with E-state index in [4.69, 9.17) is 13.9 Å². The molecule has 5 amide bonds. The summed E-state index contributed by atoms with van der Waals surface area (Å²) in [5.74, 6) is -2.97. The van der Waals surface area contributed by atoms with Crippen LogP contribution in [0.1, 0.15) is 65.6 Å². The molecule has 0 bridgehead atoms. The van der Waals surface area contributed by atoms with Gasteiger partial charge in [-0.25, -0.2) is 4.79 Å². The number of carboxylic acid groups (broad SMARTS) is 1. The fourth-order valence-electron chi connectivity index (χ4n) is 7.12. The number of aryl methyl sites for hydroxylation is 2. The Morgan fingerprint density at radius 2 is 1.77 bits per heavy atom. The molecule has 15 heteroatoms. The monoisotopic (exact) mass is 717 g/mol. The van der Waals surface area contributed by atoms with Crippen LogP contribution in [0.3, 0.4) is 0 Å². The summed E-state index contributed by atoms with van der Waals surface area (Å²) in [5, 5.41) is 21.7. The molecule has 1 aromatic heterocycles. The number of aliphatic carboxylic acids is 1. The van der Waals surface area contributed by atoms with E-state index in [1.807, 2.05) is 26.0 Å². The smallest absolute Gasteiger partial charge is 0.326 e. The minimum absolute atomic E-state index is 0.00330. The van der Waals surface area contributed by atoms with Crippen molar-refractivity contribution in [3.63, 3.8) is 0 Å². The molecule has 15 nitrogen and oxygen atoms in total. The van der Waals surface area contributed by atoms with E-state index >= 15 is 0 Å². The standard InChI is InChI=1S/C37H43N5O10/c1-20-13-21(2)33-23(19-52-30(33)14-20)16-32(44)39-24-17-27-35(46)41-26(37(48)49)7-9-31(43)38-10-4-3-5-25(36(47)42(27)18-24)40-34(45)22-6-8-28-29(15-22)51-12-11-50-28/h6,8,13-15,19,24-27H,3-5,7,9-12,16-18H2,1-2H3,(H,38,43)(H,39,44)(H,40,45)(H,41,46)(H,48,49)/t24-,25+,26+,27+/m1/s1. The minimum Gasteiger partial charge on any atom is -0.486 e. The van der Waals surface area contributed by atoms with Gasteiger partial charge in [-0.05, 0) is 81.3 Å². The number of carbonyl (C=O) groups is 6. The van der Waals surface area contributed by atoms with Crippen molar-refractivity contribution >= 4 is 46.5 Å². The number of carboxylic acids is 1. The molecule has 3 aromatic rings. The van der Waals surface area contributed by atoms with Gasteiger partial charge in [0.25, 0.3) is 5.91 Å². The fraction of sp³-hybridized carbons (Fsp3) is 0.459. The van der Waals surface area contributed by atoms with E-state index in [-0.39, 0.29) is 62.6 Å². The predicted octanol–water partition coefficient (Wildman–Crippen LogP) is 1.90. The number of rotatable bonds is 6. The molecule has 0 unspecified atom stereocenters. The molecular weight excluding hydrogens is 674 g/mol. The van der Waals surface area contributed by atoms with Gasteiger partial charge in [-0.3, -0.25) is 24.0 Å². The molecule has 3 aliphatic heterocycles. The largest absolute Gasteiger partial charge is 0.486 e. The number of nitrogens with one attached hydrogen (secondary N) is 4. The van der Waals surface area contributed by atoms with Crippen molar-refractivity contribution in [2.24, 2.45) is 0 Å². The van der Waals surface area contributed by atoms with Crippen LogP contribution in [-0.4, -0.2) is 96.0 Å². The van der Waals surface area contributed by atoms with Gasteiger partial charge in [0.1, 0.15) is 36.9 Å². The zero-order valence-electron chi connectivity index (χ0n) is 29.1. The number of hydrogen-bond donors (Lipinski definition) is 5. The van der Waals surface area contributed by atoms with Gasteiger partial charge in [0.05, 0.1) is 12.7 Å². The number of ether oxygens (including phenoxy) is 2. The van der Waals surface area contributed by atoms with Gasteiger partial charge in [0, 0.05) is 42.1 Å². The molecule has 2 fully saturated rings. The molecule has 52 heavy (non-hydrogen) atoms. The molecule has 0 radical (unpaired) electrons. The number of furan rings is 1. The topological polar surface area (TPSA) is 206 Å². The Balaban J connectivity index is 1.24. The summed E-state index contributed by atoms with van der Waals surface area (Å²) in [6, 6.07) is 4.33. The predicted molar refractivity (Wildman–Crippen MR) is 186 cm³/mol. The third-order valence-electron chi connectivity index (χ3n) is 9.62. The van der Waals surface area contributed by atoms with E-state index < -0.39 is 47.9 Å². The summed E-state index contributed by atoms with van der Waals surface area (Å²) in [6.07, 6.45) is 2.39. The SMILES string of the molecule is Cc1cc(C)c2c(CC(=O)N[C@@H]3C[C@H]4C(=O)N[C@H](C(=O)O)CCC(=O)NCCCC[C@H](NC(=O)c5ccc6c(c5)OCCO6)C(=O)N4C3)coc2c1. The molecule has 0 spiro atoms. The van der Waals surface area contributed by atoms with Gasteiger partial charge >= 0.3 is 5.97 Å². The maximum atomic E-state index is 14.4. The Bertz CT molecular complexity index is 1890.